The van der Waals surface area contributed by atoms with Crippen molar-refractivity contribution in [2.24, 2.45) is 0 Å². The highest BCUT2D eigenvalue weighted by Crippen LogP contribution is 2.13. The van der Waals surface area contributed by atoms with Gasteiger partial charge in [-0.25, -0.2) is 0 Å². The Labute approximate surface area is 74.9 Å². The molecule has 0 nitrogen and oxygen atoms in total. The lowest BCUT2D eigenvalue weighted by Gasteiger charge is -1.99. The van der Waals surface area contributed by atoms with Gasteiger partial charge >= 0.3 is 0 Å². The van der Waals surface area contributed by atoms with Gasteiger partial charge in [-0.3, -0.25) is 0 Å². The minimum Gasteiger partial charge on any atom is -0.0807 e. The number of rotatable bonds is 3. The Morgan fingerprint density at radius 3 is 2.58 bits per heavy atom. The maximum Gasteiger partial charge on any atom is -0.0228 e. The first-order valence-corrected chi connectivity index (χ1v) is 4.42. The number of benzene rings is 1. The quantitative estimate of drug-likeness (QED) is 0.630. The second kappa shape index (κ2) is 4.76. The van der Waals surface area contributed by atoms with Crippen LogP contribution in [0.2, 0.25) is 0 Å². The van der Waals surface area contributed by atoms with Crippen molar-refractivity contribution in [2.45, 2.75) is 19.8 Å². The van der Waals surface area contributed by atoms with Crippen molar-refractivity contribution >= 4 is 5.57 Å². The minimum absolute atomic E-state index is 1.12. The molecular formula is C12H15. The van der Waals surface area contributed by atoms with Crippen LogP contribution in [0.15, 0.2) is 36.4 Å². The first-order chi connectivity index (χ1) is 5.84. The molecule has 0 bridgehead atoms. The topological polar surface area (TPSA) is 0 Å². The Hall–Kier alpha value is -1.04. The van der Waals surface area contributed by atoms with Crippen molar-refractivity contribution in [2.75, 3.05) is 0 Å². The van der Waals surface area contributed by atoms with E-state index in [1.165, 1.54) is 12.0 Å². The van der Waals surface area contributed by atoms with Gasteiger partial charge in [-0.2, -0.15) is 0 Å². The molecule has 63 valence electrons. The lowest BCUT2D eigenvalue weighted by Crippen LogP contribution is -1.77. The Kier molecular flexibility index (Phi) is 3.59. The molecule has 0 saturated heterocycles. The van der Waals surface area contributed by atoms with Gasteiger partial charge in [-0.05, 0) is 24.5 Å². The monoisotopic (exact) mass is 159 g/mol. The van der Waals surface area contributed by atoms with Crippen LogP contribution in [0.25, 0.3) is 5.57 Å². The molecule has 0 amide bonds. The zero-order valence-corrected chi connectivity index (χ0v) is 7.59. The average Bonchev–Trinajstić information content (AvgIpc) is 2.15. The number of hydrogen-bond donors (Lipinski definition) is 0. The summed E-state index contributed by atoms with van der Waals surface area (Å²) in [6.45, 7) is 6.18. The molecule has 12 heavy (non-hydrogen) atoms. The van der Waals surface area contributed by atoms with Crippen LogP contribution < -0.4 is 0 Å². The summed E-state index contributed by atoms with van der Waals surface area (Å²) in [6, 6.07) is 10.3. The van der Waals surface area contributed by atoms with Crippen LogP contribution in [0.4, 0.5) is 0 Å². The summed E-state index contributed by atoms with van der Waals surface area (Å²) in [5, 5.41) is 0. The molecule has 0 aromatic heterocycles. The van der Waals surface area contributed by atoms with Crippen molar-refractivity contribution in [3.8, 4) is 0 Å². The van der Waals surface area contributed by atoms with Crippen LogP contribution >= 0.6 is 0 Å². The third-order valence-corrected chi connectivity index (χ3v) is 1.82. The van der Waals surface area contributed by atoms with Crippen LogP contribution in [0, 0.1) is 6.92 Å². The summed E-state index contributed by atoms with van der Waals surface area (Å²) in [6.07, 6.45) is 4.49. The van der Waals surface area contributed by atoms with Crippen LogP contribution in [0.1, 0.15) is 25.3 Å². The predicted octanol–water partition coefficient (Wildman–Crippen LogP) is 3.70. The highest BCUT2D eigenvalue weighted by atomic mass is 14.0. The molecule has 0 heteroatoms. The summed E-state index contributed by atoms with van der Waals surface area (Å²) in [4.78, 5) is 0. The third kappa shape index (κ3) is 2.54. The zero-order chi connectivity index (χ0) is 8.81. The summed E-state index contributed by atoms with van der Waals surface area (Å²) >= 11 is 0. The second-order valence-corrected chi connectivity index (χ2v) is 2.88. The molecule has 0 atom stereocenters. The van der Waals surface area contributed by atoms with Gasteiger partial charge in [0.25, 0.3) is 0 Å². The van der Waals surface area contributed by atoms with E-state index < -0.39 is 0 Å². The van der Waals surface area contributed by atoms with Crippen molar-refractivity contribution < 1.29 is 0 Å². The highest BCUT2D eigenvalue weighted by molar-refractivity contribution is 5.68. The SMILES string of the molecule is [CH2]/C(=C\CCC)c1ccccc1. The van der Waals surface area contributed by atoms with E-state index in [9.17, 15) is 0 Å². The highest BCUT2D eigenvalue weighted by Gasteiger charge is 1.91. The fraction of sp³-hybridized carbons (Fsp3) is 0.250. The molecule has 0 N–H and O–H groups in total. The largest absolute Gasteiger partial charge is 0.0807 e. The van der Waals surface area contributed by atoms with E-state index >= 15 is 0 Å². The first-order valence-electron chi connectivity index (χ1n) is 4.42. The number of unbranched alkanes of at least 4 members (excludes halogenated alkanes) is 1. The van der Waals surface area contributed by atoms with Crippen molar-refractivity contribution in [3.63, 3.8) is 0 Å². The lowest BCUT2D eigenvalue weighted by molar-refractivity contribution is 0.960. The average molecular weight is 159 g/mol. The maximum absolute atomic E-state index is 4.01. The fourth-order valence-corrected chi connectivity index (χ4v) is 1.09. The molecule has 0 fully saturated rings. The van der Waals surface area contributed by atoms with Crippen molar-refractivity contribution in [3.05, 3.63) is 48.9 Å². The molecule has 0 aliphatic carbocycles. The van der Waals surface area contributed by atoms with Gasteiger partial charge in [-0.1, -0.05) is 49.8 Å². The van der Waals surface area contributed by atoms with Gasteiger partial charge in [-0.15, -0.1) is 0 Å². The molecule has 1 aromatic rings. The van der Waals surface area contributed by atoms with Gasteiger partial charge in [0.05, 0.1) is 0 Å². The summed E-state index contributed by atoms with van der Waals surface area (Å²) in [5.74, 6) is 0. The van der Waals surface area contributed by atoms with Crippen molar-refractivity contribution in [1.29, 1.82) is 0 Å². The van der Waals surface area contributed by atoms with Crippen LogP contribution in [-0.4, -0.2) is 0 Å². The smallest absolute Gasteiger partial charge is 0.0228 e. The van der Waals surface area contributed by atoms with E-state index in [0.717, 1.165) is 12.0 Å². The second-order valence-electron chi connectivity index (χ2n) is 2.88. The summed E-state index contributed by atoms with van der Waals surface area (Å²) in [7, 11) is 0. The van der Waals surface area contributed by atoms with Crippen molar-refractivity contribution in [1.82, 2.24) is 0 Å². The van der Waals surface area contributed by atoms with Gasteiger partial charge in [0, 0.05) is 0 Å². The molecule has 0 heterocycles. The standard InChI is InChI=1S/C12H15/c1-3-4-8-11(2)12-9-6-5-7-10-12/h5-10H,2-4H2,1H3/b11-8+. The van der Waals surface area contributed by atoms with E-state index in [2.05, 4.69) is 32.1 Å². The van der Waals surface area contributed by atoms with Gasteiger partial charge in [0.2, 0.25) is 0 Å². The molecule has 0 saturated carbocycles. The van der Waals surface area contributed by atoms with Gasteiger partial charge in [0.1, 0.15) is 0 Å². The first kappa shape index (κ1) is 9.05. The molecule has 1 rings (SSSR count). The zero-order valence-electron chi connectivity index (χ0n) is 7.59. The Morgan fingerprint density at radius 1 is 1.33 bits per heavy atom. The minimum atomic E-state index is 1.12. The molecule has 0 unspecified atom stereocenters. The number of hydrogen-bond acceptors (Lipinski definition) is 0. The molecule has 0 aliphatic rings. The Balaban J connectivity index is 2.71. The lowest BCUT2D eigenvalue weighted by atomic mass is 10.1. The molecule has 1 radical (unpaired) electrons. The maximum atomic E-state index is 4.01. The predicted molar refractivity (Wildman–Crippen MR) is 54.7 cm³/mol. The summed E-state index contributed by atoms with van der Waals surface area (Å²) < 4.78 is 0. The summed E-state index contributed by atoms with van der Waals surface area (Å²) in [5.41, 5.74) is 2.36. The van der Waals surface area contributed by atoms with Crippen LogP contribution in [0.5, 0.6) is 0 Å². The molecular weight excluding hydrogens is 144 g/mol. The fourth-order valence-electron chi connectivity index (χ4n) is 1.09. The normalized spacial score (nSPS) is 11.7. The van der Waals surface area contributed by atoms with E-state index in [0.29, 0.717) is 0 Å². The molecule has 0 spiro atoms. The Bertz CT molecular complexity index is 244. The van der Waals surface area contributed by atoms with Gasteiger partial charge < -0.3 is 0 Å². The third-order valence-electron chi connectivity index (χ3n) is 1.82. The van der Waals surface area contributed by atoms with Gasteiger partial charge in [0.15, 0.2) is 0 Å². The van der Waals surface area contributed by atoms with E-state index in [4.69, 9.17) is 0 Å². The molecule has 1 aromatic carbocycles. The molecule has 0 aliphatic heterocycles. The van der Waals surface area contributed by atoms with E-state index in [-0.39, 0.29) is 0 Å². The van der Waals surface area contributed by atoms with Crippen LogP contribution in [0.3, 0.4) is 0 Å². The van der Waals surface area contributed by atoms with Crippen LogP contribution in [-0.2, 0) is 0 Å². The Morgan fingerprint density at radius 2 is 2.00 bits per heavy atom. The van der Waals surface area contributed by atoms with E-state index in [1.54, 1.807) is 0 Å². The van der Waals surface area contributed by atoms with E-state index in [1.807, 2.05) is 18.2 Å². The number of allylic oxidation sites excluding steroid dienone is 2.